The lowest BCUT2D eigenvalue weighted by atomic mass is 10.0. The molecule has 8 heteroatoms. The lowest BCUT2D eigenvalue weighted by Gasteiger charge is -2.18. The second-order valence-electron chi connectivity index (χ2n) is 6.96. The molecule has 0 spiro atoms. The van der Waals surface area contributed by atoms with Crippen LogP contribution in [-0.2, 0) is 9.59 Å². The van der Waals surface area contributed by atoms with Crippen LogP contribution >= 0.6 is 11.8 Å². The van der Waals surface area contributed by atoms with Crippen LogP contribution in [0.2, 0.25) is 0 Å². The van der Waals surface area contributed by atoms with Crippen molar-refractivity contribution in [2.24, 2.45) is 5.73 Å². The number of amides is 4. The smallest absolute Gasteiger partial charge is 0.315 e. The van der Waals surface area contributed by atoms with Crippen molar-refractivity contribution in [2.45, 2.75) is 68.7 Å². The summed E-state index contributed by atoms with van der Waals surface area (Å²) in [4.78, 5) is 35.9. The highest BCUT2D eigenvalue weighted by molar-refractivity contribution is 8.00. The Morgan fingerprint density at radius 2 is 1.92 bits per heavy atom. The number of nitrogens with one attached hydrogen (secondary N) is 2. The molecule has 0 bridgehead atoms. The fraction of sp³-hybridized carbons (Fsp3) is 0.824. The van der Waals surface area contributed by atoms with Crippen molar-refractivity contribution in [3.05, 3.63) is 0 Å². The van der Waals surface area contributed by atoms with Gasteiger partial charge in [-0.2, -0.15) is 11.8 Å². The van der Waals surface area contributed by atoms with Crippen LogP contribution in [0.3, 0.4) is 0 Å². The molecule has 2 aliphatic rings. The molecule has 2 fully saturated rings. The highest BCUT2D eigenvalue weighted by atomic mass is 32.2. The number of carbonyl (C=O) groups excluding carboxylic acids is 3. The predicted molar refractivity (Wildman–Crippen MR) is 99.3 cm³/mol. The van der Waals surface area contributed by atoms with E-state index in [2.05, 4.69) is 10.6 Å². The Hall–Kier alpha value is -1.44. The quantitative estimate of drug-likeness (QED) is 0.376. The molecule has 3 atom stereocenters. The van der Waals surface area contributed by atoms with Gasteiger partial charge in [0.05, 0.1) is 12.1 Å². The number of unbranched alkanes of at least 4 members (excludes halogenated alkanes) is 3. The highest BCUT2D eigenvalue weighted by Crippen LogP contribution is 2.33. The van der Waals surface area contributed by atoms with E-state index in [-0.39, 0.29) is 29.9 Å². The third kappa shape index (κ3) is 6.41. The molecule has 2 aliphatic heterocycles. The van der Waals surface area contributed by atoms with Gasteiger partial charge in [-0.05, 0) is 25.7 Å². The molecule has 0 radical (unpaired) electrons. The van der Waals surface area contributed by atoms with Crippen molar-refractivity contribution in [3.63, 3.8) is 0 Å². The number of nitrogens with zero attached hydrogens (tertiary/aromatic N) is 1. The van der Waals surface area contributed by atoms with Crippen molar-refractivity contribution < 1.29 is 14.4 Å². The van der Waals surface area contributed by atoms with E-state index in [0.717, 1.165) is 50.8 Å². The van der Waals surface area contributed by atoms with Crippen molar-refractivity contribution in [1.29, 1.82) is 0 Å². The Bertz CT molecular complexity index is 489. The van der Waals surface area contributed by atoms with Gasteiger partial charge in [0.25, 0.3) is 0 Å². The first-order valence-corrected chi connectivity index (χ1v) is 10.2. The number of primary amides is 1. The van der Waals surface area contributed by atoms with E-state index in [4.69, 9.17) is 5.73 Å². The molecule has 3 unspecified atom stereocenters. The minimum Gasteiger partial charge on any atom is -0.370 e. The molecular formula is C17H30N4O3S. The van der Waals surface area contributed by atoms with Crippen molar-refractivity contribution >= 4 is 29.6 Å². The number of fused-ring (bicyclic) bond motifs is 1. The van der Waals surface area contributed by atoms with Gasteiger partial charge in [0.1, 0.15) is 0 Å². The largest absolute Gasteiger partial charge is 0.370 e. The van der Waals surface area contributed by atoms with E-state index in [1.165, 1.54) is 0 Å². The SMILES string of the molecule is CN(CCCCCC(N)=O)C(=O)CCCCC1SCC2NC(=O)NC21. The average Bonchev–Trinajstić information content (AvgIpc) is 3.10. The molecule has 0 aromatic heterocycles. The van der Waals surface area contributed by atoms with Crippen molar-refractivity contribution in [2.75, 3.05) is 19.3 Å². The molecule has 0 aliphatic carbocycles. The lowest BCUT2D eigenvalue weighted by Crippen LogP contribution is -2.36. The van der Waals surface area contributed by atoms with E-state index in [0.29, 0.717) is 18.1 Å². The van der Waals surface area contributed by atoms with Gasteiger partial charge in [-0.25, -0.2) is 4.79 Å². The molecule has 4 N–H and O–H groups in total. The van der Waals surface area contributed by atoms with E-state index in [1.54, 1.807) is 4.90 Å². The normalized spacial score (nSPS) is 24.5. The number of rotatable bonds is 11. The summed E-state index contributed by atoms with van der Waals surface area (Å²) in [6.45, 7) is 0.734. The maximum atomic E-state index is 12.1. The number of urea groups is 1. The molecule has 25 heavy (non-hydrogen) atoms. The van der Waals surface area contributed by atoms with E-state index >= 15 is 0 Å². The highest BCUT2D eigenvalue weighted by Gasteiger charge is 2.42. The monoisotopic (exact) mass is 370 g/mol. The minimum absolute atomic E-state index is 0.0482. The van der Waals surface area contributed by atoms with E-state index < -0.39 is 0 Å². The summed E-state index contributed by atoms with van der Waals surface area (Å²) in [5.41, 5.74) is 5.10. The van der Waals surface area contributed by atoms with Crippen LogP contribution in [0, 0.1) is 0 Å². The fourth-order valence-corrected chi connectivity index (χ4v) is 4.95. The van der Waals surface area contributed by atoms with Gasteiger partial charge < -0.3 is 21.3 Å². The van der Waals surface area contributed by atoms with Gasteiger partial charge in [-0.15, -0.1) is 0 Å². The Labute approximate surface area is 153 Å². The van der Waals surface area contributed by atoms with Crippen LogP contribution in [0.25, 0.3) is 0 Å². The zero-order chi connectivity index (χ0) is 18.2. The van der Waals surface area contributed by atoms with E-state index in [9.17, 15) is 14.4 Å². The lowest BCUT2D eigenvalue weighted by molar-refractivity contribution is -0.130. The van der Waals surface area contributed by atoms with Gasteiger partial charge in [-0.3, -0.25) is 9.59 Å². The van der Waals surface area contributed by atoms with Gasteiger partial charge >= 0.3 is 6.03 Å². The third-order valence-corrected chi connectivity index (χ3v) is 6.42. The minimum atomic E-state index is -0.260. The molecule has 0 saturated carbocycles. The summed E-state index contributed by atoms with van der Waals surface area (Å²) < 4.78 is 0. The third-order valence-electron chi connectivity index (χ3n) is 4.91. The van der Waals surface area contributed by atoms with Crippen LogP contribution in [0.5, 0.6) is 0 Å². The molecule has 2 heterocycles. The Balaban J connectivity index is 1.51. The Morgan fingerprint density at radius 1 is 1.16 bits per heavy atom. The topological polar surface area (TPSA) is 105 Å². The number of thioether (sulfide) groups is 1. The predicted octanol–water partition coefficient (Wildman–Crippen LogP) is 1.22. The second-order valence-corrected chi connectivity index (χ2v) is 8.23. The Morgan fingerprint density at radius 3 is 2.68 bits per heavy atom. The zero-order valence-electron chi connectivity index (χ0n) is 15.0. The maximum Gasteiger partial charge on any atom is 0.315 e. The van der Waals surface area contributed by atoms with Gasteiger partial charge in [-0.1, -0.05) is 12.8 Å². The molecular weight excluding hydrogens is 340 g/mol. The first-order chi connectivity index (χ1) is 12.0. The number of carbonyl (C=O) groups is 3. The summed E-state index contributed by atoms with van der Waals surface area (Å²) in [7, 11) is 1.84. The van der Waals surface area contributed by atoms with Crippen LogP contribution < -0.4 is 16.4 Å². The fourth-order valence-electron chi connectivity index (χ4n) is 3.41. The molecule has 142 valence electrons. The average molecular weight is 371 g/mol. The van der Waals surface area contributed by atoms with Crippen molar-refractivity contribution in [1.82, 2.24) is 15.5 Å². The molecule has 2 rings (SSSR count). The number of nitrogens with two attached hydrogens (primary N) is 1. The summed E-state index contributed by atoms with van der Waals surface area (Å²) in [5.74, 6) is 0.901. The van der Waals surface area contributed by atoms with Crippen LogP contribution in [0.15, 0.2) is 0 Å². The van der Waals surface area contributed by atoms with Crippen LogP contribution in [0.1, 0.15) is 51.4 Å². The van der Waals surface area contributed by atoms with Gasteiger partial charge in [0.15, 0.2) is 0 Å². The molecule has 4 amide bonds. The second kappa shape index (κ2) is 9.89. The molecule has 2 saturated heterocycles. The van der Waals surface area contributed by atoms with Crippen LogP contribution in [0.4, 0.5) is 4.79 Å². The van der Waals surface area contributed by atoms with Gasteiger partial charge in [0.2, 0.25) is 11.8 Å². The summed E-state index contributed by atoms with van der Waals surface area (Å²) >= 11 is 1.91. The van der Waals surface area contributed by atoms with Gasteiger partial charge in [0, 0.05) is 37.4 Å². The van der Waals surface area contributed by atoms with Crippen molar-refractivity contribution in [3.8, 4) is 0 Å². The molecule has 0 aromatic carbocycles. The first kappa shape index (κ1) is 19.9. The van der Waals surface area contributed by atoms with E-state index in [1.807, 2.05) is 18.8 Å². The standard InChI is InChI=1S/C17H30N4O3S/c1-21(10-6-2-3-8-14(18)22)15(23)9-5-4-7-13-16-12(11-25-13)19-17(24)20-16/h12-13,16H,2-11H2,1H3,(H2,18,22)(H2,19,20,24). The summed E-state index contributed by atoms with van der Waals surface area (Å²) in [6, 6.07) is 0.467. The number of hydrogen-bond donors (Lipinski definition) is 3. The number of hydrogen-bond acceptors (Lipinski definition) is 4. The molecule has 7 nitrogen and oxygen atoms in total. The summed E-state index contributed by atoms with van der Waals surface area (Å²) in [6.07, 6.45) is 6.56. The zero-order valence-corrected chi connectivity index (χ0v) is 15.8. The summed E-state index contributed by atoms with van der Waals surface area (Å²) in [5, 5.41) is 6.41. The first-order valence-electron chi connectivity index (χ1n) is 9.18. The maximum absolute atomic E-state index is 12.1. The molecule has 0 aromatic rings. The van der Waals surface area contributed by atoms with Crippen LogP contribution in [-0.4, -0.2) is 59.4 Å². The Kier molecular flexibility index (Phi) is 7.87.